The summed E-state index contributed by atoms with van der Waals surface area (Å²) in [7, 11) is 0. The highest BCUT2D eigenvalue weighted by Gasteiger charge is 2.02. The molecule has 0 heterocycles. The summed E-state index contributed by atoms with van der Waals surface area (Å²) >= 11 is 0. The van der Waals surface area contributed by atoms with E-state index in [9.17, 15) is 4.79 Å². The molecule has 0 amide bonds. The first kappa shape index (κ1) is 13.5. The number of hydrogen-bond acceptors (Lipinski definition) is 2. The molecule has 0 N–H and O–H groups in total. The van der Waals surface area contributed by atoms with E-state index in [-0.39, 0.29) is 5.97 Å². The van der Waals surface area contributed by atoms with Crippen LogP contribution >= 0.6 is 0 Å². The Bertz CT molecular complexity index is 362. The van der Waals surface area contributed by atoms with Gasteiger partial charge in [-0.15, -0.1) is 0 Å². The quantitative estimate of drug-likeness (QED) is 0.326. The smallest absolute Gasteiger partial charge is 0.306 e. The van der Waals surface area contributed by atoms with Crippen LogP contribution in [0.15, 0.2) is 42.0 Å². The summed E-state index contributed by atoms with van der Waals surface area (Å²) in [4.78, 5) is 11.4. The van der Waals surface area contributed by atoms with E-state index in [1.165, 1.54) is 11.1 Å². The van der Waals surface area contributed by atoms with Crippen LogP contribution in [0.3, 0.4) is 0 Å². The van der Waals surface area contributed by atoms with Crippen molar-refractivity contribution < 1.29 is 9.53 Å². The highest BCUT2D eigenvalue weighted by atomic mass is 18.1. The Morgan fingerprint density at radius 3 is 2.59 bits per heavy atom. The first-order valence-corrected chi connectivity index (χ1v) is 6.01. The highest BCUT2D eigenvalue weighted by molar-refractivity contribution is 5.69. The number of ether oxygens (including phenoxy) is 1. The zero-order valence-corrected chi connectivity index (χ0v) is 10.6. The van der Waals surface area contributed by atoms with Crippen LogP contribution in [0.5, 0.6) is 0 Å². The van der Waals surface area contributed by atoms with Crippen LogP contribution in [0.25, 0.3) is 0 Å². The third-order valence-electron chi connectivity index (χ3n) is 2.39. The predicted octanol–water partition coefficient (Wildman–Crippen LogP) is 3.52. The Morgan fingerprint density at radius 2 is 1.94 bits per heavy atom. The lowest BCUT2D eigenvalue weighted by atomic mass is 10.1. The third kappa shape index (κ3) is 6.56. The van der Waals surface area contributed by atoms with E-state index in [2.05, 4.69) is 6.08 Å². The Morgan fingerprint density at radius 1 is 1.24 bits per heavy atom. The molecule has 0 aromatic heterocycles. The van der Waals surface area contributed by atoms with E-state index >= 15 is 0 Å². The molecule has 0 spiro atoms. The molecule has 2 heteroatoms. The van der Waals surface area contributed by atoms with Gasteiger partial charge in [0.25, 0.3) is 0 Å². The van der Waals surface area contributed by atoms with Crippen molar-refractivity contribution in [3.63, 3.8) is 0 Å². The largest absolute Gasteiger partial charge is 0.465 e. The molecule has 1 aromatic carbocycles. The molecule has 0 radical (unpaired) electrons. The summed E-state index contributed by atoms with van der Waals surface area (Å²) in [5.74, 6) is -0.115. The number of benzene rings is 1. The van der Waals surface area contributed by atoms with Gasteiger partial charge < -0.3 is 4.74 Å². The lowest BCUT2D eigenvalue weighted by Crippen LogP contribution is -2.06. The van der Waals surface area contributed by atoms with Crippen molar-refractivity contribution in [2.45, 2.75) is 33.1 Å². The van der Waals surface area contributed by atoms with Crippen LogP contribution < -0.4 is 0 Å². The van der Waals surface area contributed by atoms with E-state index in [0.717, 1.165) is 12.8 Å². The van der Waals surface area contributed by atoms with Crippen LogP contribution in [0.4, 0.5) is 0 Å². The molecule has 0 atom stereocenters. The molecule has 0 saturated heterocycles. The van der Waals surface area contributed by atoms with Gasteiger partial charge in [0.15, 0.2) is 0 Å². The molecule has 0 aliphatic carbocycles. The minimum atomic E-state index is -0.115. The van der Waals surface area contributed by atoms with Crippen LogP contribution in [0, 0.1) is 0 Å². The van der Waals surface area contributed by atoms with Crippen molar-refractivity contribution in [2.75, 3.05) is 6.61 Å². The number of allylic oxidation sites excluding steroid dienone is 1. The summed E-state index contributed by atoms with van der Waals surface area (Å²) in [5, 5.41) is 0. The molecule has 0 saturated carbocycles. The molecule has 1 aromatic rings. The maximum atomic E-state index is 11.4. The first-order valence-electron chi connectivity index (χ1n) is 6.01. The topological polar surface area (TPSA) is 26.3 Å². The average molecular weight is 234 g/mol. The van der Waals surface area contributed by atoms with E-state index in [0.29, 0.717) is 13.0 Å². The summed E-state index contributed by atoms with van der Waals surface area (Å²) in [6.07, 6.45) is 4.09. The summed E-state index contributed by atoms with van der Waals surface area (Å²) in [6.45, 7) is 4.56. The second-order valence-corrected chi connectivity index (χ2v) is 4.28. The minimum absolute atomic E-state index is 0.115. The van der Waals surface area contributed by atoms with Gasteiger partial charge >= 0.3 is 5.97 Å². The molecule has 0 unspecified atom stereocenters. The van der Waals surface area contributed by atoms with Gasteiger partial charge in [-0.05, 0) is 32.3 Å². The van der Waals surface area contributed by atoms with Crippen molar-refractivity contribution in [1.29, 1.82) is 0 Å². The average Bonchev–Trinajstić information content (AvgIpc) is 2.33. The van der Waals surface area contributed by atoms with Gasteiger partial charge in [-0.25, -0.2) is 0 Å². The third-order valence-corrected chi connectivity index (χ3v) is 2.39. The lowest BCUT2D eigenvalue weighted by Gasteiger charge is -2.03. The predicted molar refractivity (Wildman–Crippen MR) is 69.8 cm³/mol. The Hall–Kier alpha value is -1.57. The molecule has 92 valence electrons. The Balaban J connectivity index is 2.16. The lowest BCUT2D eigenvalue weighted by molar-refractivity contribution is -0.143. The number of rotatable bonds is 6. The maximum absolute atomic E-state index is 11.4. The van der Waals surface area contributed by atoms with E-state index in [1.807, 2.05) is 44.2 Å². The van der Waals surface area contributed by atoms with Crippen molar-refractivity contribution in [3.8, 4) is 0 Å². The Labute approximate surface area is 103 Å². The van der Waals surface area contributed by atoms with Gasteiger partial charge in [-0.3, -0.25) is 4.79 Å². The minimum Gasteiger partial charge on any atom is -0.465 e. The summed E-state index contributed by atoms with van der Waals surface area (Å²) in [6, 6.07) is 9.99. The zero-order chi connectivity index (χ0) is 12.5. The summed E-state index contributed by atoms with van der Waals surface area (Å²) < 4.78 is 5.13. The SMILES string of the molecule is CC(C)=CCCOC(=[18O])CCc1ccccc1. The van der Waals surface area contributed by atoms with Gasteiger partial charge in [0, 0.05) is 6.42 Å². The van der Waals surface area contributed by atoms with Crippen molar-refractivity contribution in [2.24, 2.45) is 0 Å². The van der Waals surface area contributed by atoms with Crippen LogP contribution in [0.2, 0.25) is 0 Å². The second kappa shape index (κ2) is 7.66. The first-order chi connectivity index (χ1) is 8.18. The number of carbonyl (C=O) groups excluding carboxylic acids is 1. The second-order valence-electron chi connectivity index (χ2n) is 4.28. The van der Waals surface area contributed by atoms with E-state index < -0.39 is 0 Å². The van der Waals surface area contributed by atoms with Crippen LogP contribution in [0.1, 0.15) is 32.3 Å². The standard InChI is InChI=1S/C15H20O2/c1-13(2)7-6-12-17-15(16)11-10-14-8-4-3-5-9-14/h3-5,7-9H,6,10-12H2,1-2H3/i16+2. The van der Waals surface area contributed by atoms with E-state index in [4.69, 9.17) is 4.74 Å². The van der Waals surface area contributed by atoms with Crippen LogP contribution in [-0.4, -0.2) is 12.6 Å². The Kier molecular flexibility index (Phi) is 6.08. The van der Waals surface area contributed by atoms with Gasteiger partial charge in [-0.1, -0.05) is 42.0 Å². The molecule has 0 fully saturated rings. The molecule has 1 rings (SSSR count). The highest BCUT2D eigenvalue weighted by Crippen LogP contribution is 2.03. The maximum Gasteiger partial charge on any atom is 0.306 e. The molecule has 0 aliphatic heterocycles. The normalized spacial score (nSPS) is 9.76. The molecule has 2 nitrogen and oxygen atoms in total. The van der Waals surface area contributed by atoms with Gasteiger partial charge in [0.2, 0.25) is 0 Å². The van der Waals surface area contributed by atoms with Gasteiger partial charge in [-0.2, -0.15) is 0 Å². The van der Waals surface area contributed by atoms with Crippen molar-refractivity contribution in [3.05, 3.63) is 47.5 Å². The molecular formula is C15H20O2. The van der Waals surface area contributed by atoms with Crippen LogP contribution in [-0.2, 0) is 16.0 Å². The number of hydrogen-bond donors (Lipinski definition) is 0. The molecule has 17 heavy (non-hydrogen) atoms. The fraction of sp³-hybridized carbons (Fsp3) is 0.400. The number of carbonyl (C=O) groups is 1. The molecular weight excluding hydrogens is 214 g/mol. The van der Waals surface area contributed by atoms with Gasteiger partial charge in [0.1, 0.15) is 0 Å². The van der Waals surface area contributed by atoms with Crippen molar-refractivity contribution >= 4 is 5.97 Å². The number of esters is 1. The number of aryl methyl sites for hydroxylation is 1. The van der Waals surface area contributed by atoms with Crippen molar-refractivity contribution in [1.82, 2.24) is 0 Å². The van der Waals surface area contributed by atoms with Gasteiger partial charge in [0.05, 0.1) is 6.61 Å². The van der Waals surface area contributed by atoms with E-state index in [1.54, 1.807) is 0 Å². The summed E-state index contributed by atoms with van der Waals surface area (Å²) in [5.41, 5.74) is 2.43. The molecule has 0 bridgehead atoms. The zero-order valence-electron chi connectivity index (χ0n) is 10.6. The molecule has 0 aliphatic rings. The fourth-order valence-corrected chi connectivity index (χ4v) is 1.48. The monoisotopic (exact) mass is 234 g/mol. The fourth-order valence-electron chi connectivity index (χ4n) is 1.48.